The molecule has 0 aliphatic rings. The predicted octanol–water partition coefficient (Wildman–Crippen LogP) is 4.04. The van der Waals surface area contributed by atoms with Gasteiger partial charge in [-0.05, 0) is 34.1 Å². The van der Waals surface area contributed by atoms with Gasteiger partial charge in [0, 0.05) is 20.5 Å². The first kappa shape index (κ1) is 13.4. The molecule has 1 atom stereocenters. The van der Waals surface area contributed by atoms with Crippen LogP contribution in [0, 0.1) is 0 Å². The van der Waals surface area contributed by atoms with Gasteiger partial charge < -0.3 is 9.05 Å². The minimum absolute atomic E-state index is 0.0364. The molecule has 0 aliphatic heterocycles. The summed E-state index contributed by atoms with van der Waals surface area (Å²) in [6.45, 7) is 11.3. The van der Waals surface area contributed by atoms with Crippen molar-refractivity contribution in [2.45, 2.75) is 60.5 Å². The highest BCUT2D eigenvalue weighted by Crippen LogP contribution is 2.44. The summed E-state index contributed by atoms with van der Waals surface area (Å²) in [5.41, 5.74) is 0. The Labute approximate surface area is 99.9 Å². The maximum absolute atomic E-state index is 7.13. The van der Waals surface area contributed by atoms with Crippen LogP contribution in [0.4, 0.5) is 0 Å². The highest BCUT2D eigenvalue weighted by molar-refractivity contribution is 7.44. The zero-order valence-electron chi connectivity index (χ0n) is 13.0. The molecule has 0 aromatic carbocycles. The van der Waals surface area contributed by atoms with Crippen LogP contribution in [0.1, 0.15) is 51.2 Å². The average molecular weight is 240 g/mol. The van der Waals surface area contributed by atoms with E-state index in [4.69, 9.17) is 11.8 Å². The monoisotopic (exact) mass is 240 g/mol. The number of hydrogen-bond donors (Lipinski definition) is 0. The minimum Gasteiger partial charge on any atom is -0.325 e. The Balaban J connectivity index is 0. The molecule has 0 N–H and O–H groups in total. The van der Waals surface area contributed by atoms with E-state index in [1.807, 2.05) is 0 Å². The fraction of sp³-hybridized carbons (Fsp3) is 1.00. The van der Waals surface area contributed by atoms with Gasteiger partial charge in [0.15, 0.2) is 0 Å². The highest BCUT2D eigenvalue weighted by Gasteiger charge is 2.25. The zero-order valence-corrected chi connectivity index (χ0v) is 11.9. The van der Waals surface area contributed by atoms with E-state index in [1.165, 1.54) is 7.40 Å². The molecule has 0 aromatic heterocycles. The van der Waals surface area contributed by atoms with Gasteiger partial charge in [0.05, 0.1) is 7.98 Å². The fourth-order valence-corrected chi connectivity index (χ4v) is 2.75. The Hall–Kier alpha value is 0.310. The first-order valence-corrected chi connectivity index (χ1v) is 6.31. The van der Waals surface area contributed by atoms with E-state index in [9.17, 15) is 0 Å². The van der Waals surface area contributed by atoms with Crippen molar-refractivity contribution in [3.05, 3.63) is 0 Å². The van der Waals surface area contributed by atoms with Crippen molar-refractivity contribution in [1.29, 1.82) is 0 Å². The molecule has 0 fully saturated rings. The number of rotatable bonds is 7. The normalized spacial score (nSPS) is 14.7. The van der Waals surface area contributed by atoms with Crippen molar-refractivity contribution in [2.24, 2.45) is 0 Å². The van der Waals surface area contributed by atoms with Crippen molar-refractivity contribution in [3.63, 3.8) is 0 Å². The van der Waals surface area contributed by atoms with E-state index in [0.29, 0.717) is 18.7 Å². The molecule has 0 aromatic rings. The maximum atomic E-state index is 7.13. The molecule has 15 heavy (non-hydrogen) atoms. The first-order chi connectivity index (χ1) is 8.04. The molecule has 0 bridgehead atoms. The molecule has 0 amide bonds. The van der Waals surface area contributed by atoms with Crippen molar-refractivity contribution < 1.29 is 11.8 Å². The molecule has 0 spiro atoms. The van der Waals surface area contributed by atoms with Gasteiger partial charge in [0.1, 0.15) is 0 Å². The van der Waals surface area contributed by atoms with Crippen LogP contribution in [-0.2, 0) is 9.05 Å². The standard InChI is InChI=1S/C10H24NO2P.CH4/c1-7-8-13-14(12-6)11(9(2)3)10(4)5;/h9-10H,7-8H2,1-6H3;1H4/i6D;1T. The lowest BCUT2D eigenvalue weighted by Crippen LogP contribution is -2.33. The lowest BCUT2D eigenvalue weighted by molar-refractivity contribution is 0.194. The molecule has 0 saturated carbocycles. The summed E-state index contributed by atoms with van der Waals surface area (Å²) in [6, 6.07) is 0.749. The summed E-state index contributed by atoms with van der Waals surface area (Å²) in [4.78, 5) is 0. The molecule has 4 heteroatoms. The van der Waals surface area contributed by atoms with Crippen LogP contribution in [0.3, 0.4) is 0 Å². The Morgan fingerprint density at radius 3 is 2.27 bits per heavy atom. The van der Waals surface area contributed by atoms with Gasteiger partial charge in [-0.15, -0.1) is 0 Å². The van der Waals surface area contributed by atoms with Crippen LogP contribution in [0.2, 0.25) is 0 Å². The molecule has 1 unspecified atom stereocenters. The van der Waals surface area contributed by atoms with Gasteiger partial charge in [-0.3, -0.25) is 0 Å². The molecule has 0 rings (SSSR count). The molecule has 0 saturated heterocycles. The summed E-state index contributed by atoms with van der Waals surface area (Å²) >= 11 is 0. The molecular formula is C11H28NO2P. The van der Waals surface area contributed by atoms with Crippen molar-refractivity contribution in [3.8, 4) is 0 Å². The van der Waals surface area contributed by atoms with Crippen molar-refractivity contribution >= 4 is 8.53 Å². The van der Waals surface area contributed by atoms with Crippen LogP contribution >= 0.6 is 8.53 Å². The van der Waals surface area contributed by atoms with E-state index >= 15 is 0 Å². The molecule has 0 radical (unpaired) electrons. The smallest absolute Gasteiger partial charge is 0.258 e. The Morgan fingerprint density at radius 2 is 1.93 bits per heavy atom. The minimum atomic E-state index is -1.06. The quantitative estimate of drug-likeness (QED) is 0.627. The van der Waals surface area contributed by atoms with Crippen LogP contribution < -0.4 is 0 Å². The van der Waals surface area contributed by atoms with Crippen LogP contribution in [0.15, 0.2) is 0 Å². The van der Waals surface area contributed by atoms with E-state index in [1.54, 1.807) is 0 Å². The third kappa shape index (κ3) is 6.47. The van der Waals surface area contributed by atoms with Crippen LogP contribution in [0.25, 0.3) is 0 Å². The Morgan fingerprint density at radius 1 is 1.40 bits per heavy atom. The van der Waals surface area contributed by atoms with E-state index in [0.717, 1.165) is 6.42 Å². The van der Waals surface area contributed by atoms with Gasteiger partial charge in [0.2, 0.25) is 0 Å². The SMILES string of the molecule is [2H]COP(OCCC)N(C(C)C)C(C)C.[3H]C. The summed E-state index contributed by atoms with van der Waals surface area (Å²) in [6.07, 6.45) is 0.976. The van der Waals surface area contributed by atoms with Crippen molar-refractivity contribution in [2.75, 3.05) is 13.7 Å². The predicted molar refractivity (Wildman–Crippen MR) is 69.0 cm³/mol. The van der Waals surface area contributed by atoms with Gasteiger partial charge >= 0.3 is 0 Å². The van der Waals surface area contributed by atoms with Gasteiger partial charge in [-0.25, -0.2) is 4.67 Å². The molecular weight excluding hydrogens is 209 g/mol. The third-order valence-electron chi connectivity index (χ3n) is 1.76. The lowest BCUT2D eigenvalue weighted by atomic mass is 10.3. The first-order valence-electron chi connectivity index (χ1n) is 6.88. The zero-order chi connectivity index (χ0) is 13.8. The topological polar surface area (TPSA) is 21.7 Å². The molecule has 0 aliphatic carbocycles. The van der Waals surface area contributed by atoms with E-state index in [-0.39, 0.29) is 7.09 Å². The molecule has 3 nitrogen and oxygen atoms in total. The second kappa shape index (κ2) is 9.53. The van der Waals surface area contributed by atoms with Crippen LogP contribution in [-0.4, -0.2) is 30.4 Å². The Kier molecular flexibility index (Phi) is 8.50. The summed E-state index contributed by atoms with van der Waals surface area (Å²) in [5, 5.41) is 0. The van der Waals surface area contributed by atoms with Crippen LogP contribution in [0.5, 0.6) is 0 Å². The second-order valence-corrected chi connectivity index (χ2v) is 5.22. The molecule has 94 valence electrons. The van der Waals surface area contributed by atoms with Gasteiger partial charge in [-0.1, -0.05) is 14.3 Å². The Bertz CT molecular complexity index is 154. The van der Waals surface area contributed by atoms with Gasteiger partial charge in [-0.2, -0.15) is 0 Å². The molecule has 0 heterocycles. The second-order valence-electron chi connectivity index (χ2n) is 3.77. The highest BCUT2D eigenvalue weighted by atomic mass is 31.2. The largest absolute Gasteiger partial charge is 0.325 e. The maximum Gasteiger partial charge on any atom is 0.258 e. The summed E-state index contributed by atoms with van der Waals surface area (Å²) < 4.78 is 26.1. The third-order valence-corrected chi connectivity index (χ3v) is 3.69. The average Bonchev–Trinajstić information content (AvgIpc) is 2.28. The van der Waals surface area contributed by atoms with E-state index in [2.05, 4.69) is 39.3 Å². The summed E-state index contributed by atoms with van der Waals surface area (Å²) in [5.74, 6) is 0. The summed E-state index contributed by atoms with van der Waals surface area (Å²) in [7, 11) is 0.151. The number of nitrogens with zero attached hydrogens (tertiary/aromatic N) is 1. The van der Waals surface area contributed by atoms with Crippen molar-refractivity contribution in [1.82, 2.24) is 4.67 Å². The van der Waals surface area contributed by atoms with E-state index < -0.39 is 8.53 Å². The number of hydrogen-bond acceptors (Lipinski definition) is 3. The lowest BCUT2D eigenvalue weighted by Gasteiger charge is -2.34. The fourth-order valence-electron chi connectivity index (χ4n) is 1.31. The van der Waals surface area contributed by atoms with Gasteiger partial charge in [0.25, 0.3) is 8.53 Å².